The number of carboxylic acids is 1. The summed E-state index contributed by atoms with van der Waals surface area (Å²) >= 11 is 0. The van der Waals surface area contributed by atoms with Crippen molar-refractivity contribution in [3.63, 3.8) is 0 Å². The van der Waals surface area contributed by atoms with E-state index in [1.165, 1.54) is 25.3 Å². The number of hydrogen-bond acceptors (Lipinski definition) is 8. The quantitative estimate of drug-likeness (QED) is 0.732. The average Bonchev–Trinajstić information content (AvgIpc) is 2.96. The van der Waals surface area contributed by atoms with E-state index in [0.29, 0.717) is 5.82 Å². The molecular formula is C11H11N7O2. The van der Waals surface area contributed by atoms with E-state index in [1.54, 1.807) is 0 Å². The predicted octanol–water partition coefficient (Wildman–Crippen LogP) is -0.886. The van der Waals surface area contributed by atoms with Gasteiger partial charge in [0.2, 0.25) is 0 Å². The van der Waals surface area contributed by atoms with Crippen LogP contribution in [0.15, 0.2) is 25.3 Å². The molecule has 1 aliphatic heterocycles. The van der Waals surface area contributed by atoms with Crippen LogP contribution in [0.2, 0.25) is 0 Å². The van der Waals surface area contributed by atoms with Gasteiger partial charge < -0.3 is 10.4 Å². The van der Waals surface area contributed by atoms with Crippen LogP contribution >= 0.6 is 0 Å². The highest BCUT2D eigenvalue weighted by atomic mass is 16.4. The average molecular weight is 273 g/mol. The summed E-state index contributed by atoms with van der Waals surface area (Å²) in [5.41, 5.74) is -1.19. The molecule has 0 aromatic carbocycles. The van der Waals surface area contributed by atoms with E-state index >= 15 is 0 Å². The summed E-state index contributed by atoms with van der Waals surface area (Å²) in [5.74, 6) is -0.228. The SMILES string of the molecule is O=C(O)C1(c2ncncn2)CNC(c2ncncn2)C1. The molecule has 2 unspecified atom stereocenters. The van der Waals surface area contributed by atoms with E-state index in [4.69, 9.17) is 0 Å². The van der Waals surface area contributed by atoms with E-state index in [9.17, 15) is 9.90 Å². The molecule has 9 heteroatoms. The third kappa shape index (κ3) is 1.97. The van der Waals surface area contributed by atoms with Crippen molar-refractivity contribution in [2.45, 2.75) is 17.9 Å². The zero-order valence-electron chi connectivity index (χ0n) is 10.3. The van der Waals surface area contributed by atoms with Crippen LogP contribution < -0.4 is 5.32 Å². The van der Waals surface area contributed by atoms with E-state index < -0.39 is 11.4 Å². The van der Waals surface area contributed by atoms with Gasteiger partial charge in [-0.15, -0.1) is 0 Å². The molecule has 0 amide bonds. The summed E-state index contributed by atoms with van der Waals surface area (Å²) in [6, 6.07) is -0.272. The molecule has 1 saturated heterocycles. The molecule has 0 spiro atoms. The Bertz CT molecular complexity index is 609. The number of carbonyl (C=O) groups is 1. The number of aliphatic carboxylic acids is 1. The lowest BCUT2D eigenvalue weighted by molar-refractivity contribution is -0.143. The van der Waals surface area contributed by atoms with Crippen molar-refractivity contribution in [1.82, 2.24) is 35.2 Å². The molecular weight excluding hydrogens is 262 g/mol. The summed E-state index contributed by atoms with van der Waals surface area (Å²) in [5, 5.41) is 12.7. The van der Waals surface area contributed by atoms with Crippen molar-refractivity contribution in [2.75, 3.05) is 6.54 Å². The molecule has 9 nitrogen and oxygen atoms in total. The predicted molar refractivity (Wildman–Crippen MR) is 64.3 cm³/mol. The molecule has 0 aliphatic carbocycles. The second-order valence-corrected chi connectivity index (χ2v) is 4.48. The lowest BCUT2D eigenvalue weighted by atomic mass is 9.84. The fraction of sp³-hybridized carbons (Fsp3) is 0.364. The van der Waals surface area contributed by atoms with Gasteiger partial charge in [0, 0.05) is 6.54 Å². The first-order valence-corrected chi connectivity index (χ1v) is 5.93. The third-order valence-corrected chi connectivity index (χ3v) is 3.36. The Kier molecular flexibility index (Phi) is 3.03. The van der Waals surface area contributed by atoms with Crippen molar-refractivity contribution in [1.29, 1.82) is 0 Å². The molecule has 2 atom stereocenters. The van der Waals surface area contributed by atoms with Crippen LogP contribution in [0, 0.1) is 0 Å². The third-order valence-electron chi connectivity index (χ3n) is 3.36. The van der Waals surface area contributed by atoms with E-state index in [-0.39, 0.29) is 24.8 Å². The maximum absolute atomic E-state index is 11.7. The van der Waals surface area contributed by atoms with Crippen LogP contribution in [0.3, 0.4) is 0 Å². The largest absolute Gasteiger partial charge is 0.480 e. The molecule has 0 bridgehead atoms. The lowest BCUT2D eigenvalue weighted by Crippen LogP contribution is -2.39. The van der Waals surface area contributed by atoms with Gasteiger partial charge in [0.1, 0.15) is 36.5 Å². The van der Waals surface area contributed by atoms with E-state index in [2.05, 4.69) is 35.2 Å². The van der Waals surface area contributed by atoms with Crippen LogP contribution in [0.1, 0.15) is 24.1 Å². The molecule has 3 heterocycles. The highest BCUT2D eigenvalue weighted by molar-refractivity contribution is 5.81. The summed E-state index contributed by atoms with van der Waals surface area (Å²) in [7, 11) is 0. The molecule has 102 valence electrons. The topological polar surface area (TPSA) is 127 Å². The molecule has 1 aliphatic rings. The van der Waals surface area contributed by atoms with E-state index in [0.717, 1.165) is 0 Å². The first-order valence-electron chi connectivity index (χ1n) is 5.93. The maximum Gasteiger partial charge on any atom is 0.318 e. The number of nitrogens with one attached hydrogen (secondary N) is 1. The molecule has 2 aromatic heterocycles. The second kappa shape index (κ2) is 4.85. The molecule has 20 heavy (non-hydrogen) atoms. The number of hydrogen-bond donors (Lipinski definition) is 2. The highest BCUT2D eigenvalue weighted by Crippen LogP contribution is 2.36. The zero-order valence-corrected chi connectivity index (χ0v) is 10.3. The van der Waals surface area contributed by atoms with Crippen molar-refractivity contribution < 1.29 is 9.90 Å². The minimum absolute atomic E-state index is 0.211. The Morgan fingerprint density at radius 1 is 1.15 bits per heavy atom. The first-order chi connectivity index (χ1) is 9.72. The molecule has 0 saturated carbocycles. The van der Waals surface area contributed by atoms with Crippen molar-refractivity contribution in [3.8, 4) is 0 Å². The molecule has 0 radical (unpaired) electrons. The number of aromatic nitrogens is 6. The fourth-order valence-electron chi connectivity index (χ4n) is 2.32. The van der Waals surface area contributed by atoms with Crippen LogP contribution in [0.5, 0.6) is 0 Å². The monoisotopic (exact) mass is 273 g/mol. The number of nitrogens with zero attached hydrogens (tertiary/aromatic N) is 6. The number of carboxylic acid groups (broad SMARTS) is 1. The van der Waals surface area contributed by atoms with Crippen LogP contribution in [-0.2, 0) is 10.2 Å². The first kappa shape index (κ1) is 12.5. The van der Waals surface area contributed by atoms with Gasteiger partial charge in [0.15, 0.2) is 5.82 Å². The minimum atomic E-state index is -1.19. The Balaban J connectivity index is 1.94. The van der Waals surface area contributed by atoms with Crippen LogP contribution in [-0.4, -0.2) is 47.5 Å². The van der Waals surface area contributed by atoms with Gasteiger partial charge in [-0.3, -0.25) is 4.79 Å². The van der Waals surface area contributed by atoms with Gasteiger partial charge >= 0.3 is 5.97 Å². The summed E-state index contributed by atoms with van der Waals surface area (Å²) in [6.07, 6.45) is 5.63. The van der Waals surface area contributed by atoms with Crippen LogP contribution in [0.4, 0.5) is 0 Å². The van der Waals surface area contributed by atoms with Crippen molar-refractivity contribution >= 4 is 5.97 Å². The second-order valence-electron chi connectivity index (χ2n) is 4.48. The van der Waals surface area contributed by atoms with Gasteiger partial charge in [-0.05, 0) is 6.42 Å². The Labute approximate surface area is 113 Å². The Morgan fingerprint density at radius 2 is 1.75 bits per heavy atom. The van der Waals surface area contributed by atoms with Gasteiger partial charge in [-0.2, -0.15) is 0 Å². The van der Waals surface area contributed by atoms with Gasteiger partial charge in [-0.25, -0.2) is 29.9 Å². The molecule has 3 rings (SSSR count). The standard InChI is InChI=1S/C11H11N7O2/c19-10(20)11(9-17-5-13-6-18-9)1-7(14-2-11)8-15-3-12-4-16-8/h3-7,14H,1-2H2,(H,19,20). The normalized spacial score (nSPS) is 25.5. The van der Waals surface area contributed by atoms with Crippen LogP contribution in [0.25, 0.3) is 0 Å². The van der Waals surface area contributed by atoms with Crippen molar-refractivity contribution in [2.24, 2.45) is 0 Å². The Morgan fingerprint density at radius 3 is 2.35 bits per heavy atom. The lowest BCUT2D eigenvalue weighted by Gasteiger charge is -2.20. The van der Waals surface area contributed by atoms with Gasteiger partial charge in [0.05, 0.1) is 6.04 Å². The maximum atomic E-state index is 11.7. The van der Waals surface area contributed by atoms with E-state index in [1.807, 2.05) is 0 Å². The summed E-state index contributed by atoms with van der Waals surface area (Å²) in [6.45, 7) is 0.211. The van der Waals surface area contributed by atoms with Gasteiger partial charge in [0.25, 0.3) is 0 Å². The minimum Gasteiger partial charge on any atom is -0.480 e. The summed E-state index contributed by atoms with van der Waals surface area (Å²) < 4.78 is 0. The Hall–Kier alpha value is -2.55. The smallest absolute Gasteiger partial charge is 0.318 e. The zero-order chi connectivity index (χ0) is 14.0. The molecule has 2 aromatic rings. The molecule has 2 N–H and O–H groups in total. The van der Waals surface area contributed by atoms with Gasteiger partial charge in [-0.1, -0.05) is 0 Å². The number of rotatable bonds is 3. The molecule has 1 fully saturated rings. The highest BCUT2D eigenvalue weighted by Gasteiger charge is 2.50. The van der Waals surface area contributed by atoms with Crippen molar-refractivity contribution in [3.05, 3.63) is 37.0 Å². The fourth-order valence-corrected chi connectivity index (χ4v) is 2.32. The summed E-state index contributed by atoms with van der Waals surface area (Å²) in [4.78, 5) is 35.2.